The van der Waals surface area contributed by atoms with Crippen LogP contribution >= 0.6 is 11.8 Å². The summed E-state index contributed by atoms with van der Waals surface area (Å²) < 4.78 is 0. The van der Waals surface area contributed by atoms with Crippen LogP contribution in [0.1, 0.15) is 0 Å². The second kappa shape index (κ2) is 3.20. The molecule has 0 spiro atoms. The SMILES string of the molecule is CSc1ccc2[c]cccc2c1. The number of hydrogen-bond donors (Lipinski definition) is 0. The van der Waals surface area contributed by atoms with Crippen molar-refractivity contribution in [3.8, 4) is 0 Å². The van der Waals surface area contributed by atoms with E-state index in [0.29, 0.717) is 0 Å². The van der Waals surface area contributed by atoms with Gasteiger partial charge in [0, 0.05) is 4.90 Å². The van der Waals surface area contributed by atoms with Gasteiger partial charge < -0.3 is 0 Å². The minimum Gasteiger partial charge on any atom is -0.130 e. The maximum atomic E-state index is 3.19. The van der Waals surface area contributed by atoms with Crippen LogP contribution in [-0.2, 0) is 0 Å². The van der Waals surface area contributed by atoms with Gasteiger partial charge in [0.1, 0.15) is 0 Å². The smallest absolute Gasteiger partial charge is 0.00755 e. The molecule has 0 heterocycles. The second-order valence-corrected chi connectivity index (χ2v) is 3.50. The number of hydrogen-bond acceptors (Lipinski definition) is 1. The van der Waals surface area contributed by atoms with Crippen molar-refractivity contribution in [1.29, 1.82) is 0 Å². The van der Waals surface area contributed by atoms with Crippen molar-refractivity contribution >= 4 is 22.5 Å². The molecule has 0 atom stereocenters. The molecule has 0 aliphatic carbocycles. The van der Waals surface area contributed by atoms with Crippen LogP contribution in [0.5, 0.6) is 0 Å². The third kappa shape index (κ3) is 1.32. The second-order valence-electron chi connectivity index (χ2n) is 2.62. The molecule has 1 radical (unpaired) electrons. The summed E-state index contributed by atoms with van der Waals surface area (Å²) in [6.07, 6.45) is 2.09. The summed E-state index contributed by atoms with van der Waals surface area (Å²) in [5, 5.41) is 2.46. The molecule has 0 amide bonds. The largest absolute Gasteiger partial charge is 0.130 e. The topological polar surface area (TPSA) is 0 Å². The van der Waals surface area contributed by atoms with Gasteiger partial charge in [-0.25, -0.2) is 0 Å². The summed E-state index contributed by atoms with van der Waals surface area (Å²) >= 11 is 1.77. The predicted molar refractivity (Wildman–Crippen MR) is 54.6 cm³/mol. The van der Waals surface area contributed by atoms with E-state index in [-0.39, 0.29) is 0 Å². The molecule has 2 aromatic carbocycles. The van der Waals surface area contributed by atoms with Crippen LogP contribution in [0.15, 0.2) is 41.3 Å². The van der Waals surface area contributed by atoms with Gasteiger partial charge in [0.2, 0.25) is 0 Å². The highest BCUT2D eigenvalue weighted by Crippen LogP contribution is 2.20. The van der Waals surface area contributed by atoms with Gasteiger partial charge in [-0.3, -0.25) is 0 Å². The van der Waals surface area contributed by atoms with Crippen molar-refractivity contribution in [2.24, 2.45) is 0 Å². The summed E-state index contributed by atoms with van der Waals surface area (Å²) in [4.78, 5) is 1.31. The molecular weight excluding hydrogens is 164 g/mol. The van der Waals surface area contributed by atoms with Crippen LogP contribution in [0.25, 0.3) is 10.8 Å². The van der Waals surface area contributed by atoms with Crippen molar-refractivity contribution in [3.63, 3.8) is 0 Å². The lowest BCUT2D eigenvalue weighted by atomic mass is 10.1. The highest BCUT2D eigenvalue weighted by molar-refractivity contribution is 7.98. The van der Waals surface area contributed by atoms with Gasteiger partial charge in [-0.05, 0) is 35.2 Å². The molecule has 0 saturated heterocycles. The maximum absolute atomic E-state index is 3.19. The van der Waals surface area contributed by atoms with Crippen molar-refractivity contribution in [2.45, 2.75) is 4.90 Å². The monoisotopic (exact) mass is 173 g/mol. The zero-order valence-corrected chi connectivity index (χ0v) is 7.69. The quantitative estimate of drug-likeness (QED) is 0.596. The summed E-state index contributed by atoms with van der Waals surface area (Å²) in [7, 11) is 0. The molecule has 0 bridgehead atoms. The third-order valence-corrected chi connectivity index (χ3v) is 2.59. The molecule has 0 aliphatic heterocycles. The number of benzene rings is 2. The lowest BCUT2D eigenvalue weighted by Gasteiger charge is -1.98. The summed E-state index contributed by atoms with van der Waals surface area (Å²) in [6, 6.07) is 15.7. The maximum Gasteiger partial charge on any atom is 0.00755 e. The van der Waals surface area contributed by atoms with Gasteiger partial charge in [0.25, 0.3) is 0 Å². The molecule has 0 aromatic heterocycles. The van der Waals surface area contributed by atoms with Crippen molar-refractivity contribution in [1.82, 2.24) is 0 Å². The van der Waals surface area contributed by atoms with Gasteiger partial charge in [-0.15, -0.1) is 11.8 Å². The molecule has 2 rings (SSSR count). The molecule has 1 heteroatoms. The fraction of sp³-hybridized carbons (Fsp3) is 0.0909. The highest BCUT2D eigenvalue weighted by Gasteiger charge is 1.93. The van der Waals surface area contributed by atoms with E-state index >= 15 is 0 Å². The number of fused-ring (bicyclic) bond motifs is 1. The van der Waals surface area contributed by atoms with E-state index < -0.39 is 0 Å². The normalized spacial score (nSPS) is 10.4. The first kappa shape index (κ1) is 7.69. The molecule has 0 saturated carbocycles. The van der Waals surface area contributed by atoms with Crippen molar-refractivity contribution in [3.05, 3.63) is 42.5 Å². The van der Waals surface area contributed by atoms with Crippen LogP contribution in [0.4, 0.5) is 0 Å². The fourth-order valence-corrected chi connectivity index (χ4v) is 1.68. The van der Waals surface area contributed by atoms with E-state index in [0.717, 1.165) is 0 Å². The van der Waals surface area contributed by atoms with Crippen LogP contribution in [0.2, 0.25) is 0 Å². The lowest BCUT2D eigenvalue weighted by molar-refractivity contribution is 1.51. The minimum atomic E-state index is 1.19. The summed E-state index contributed by atoms with van der Waals surface area (Å²) in [6.45, 7) is 0. The Hall–Kier alpha value is -0.950. The van der Waals surface area contributed by atoms with Crippen molar-refractivity contribution < 1.29 is 0 Å². The first-order valence-corrected chi connectivity index (χ1v) is 5.07. The molecule has 0 N–H and O–H groups in total. The zero-order chi connectivity index (χ0) is 8.39. The van der Waals surface area contributed by atoms with Gasteiger partial charge in [-0.1, -0.05) is 24.3 Å². The molecule has 0 aliphatic rings. The van der Waals surface area contributed by atoms with Gasteiger partial charge >= 0.3 is 0 Å². The van der Waals surface area contributed by atoms with Crippen LogP contribution in [0, 0.1) is 6.07 Å². The van der Waals surface area contributed by atoms with Crippen molar-refractivity contribution in [2.75, 3.05) is 6.26 Å². The minimum absolute atomic E-state index is 1.19. The lowest BCUT2D eigenvalue weighted by Crippen LogP contribution is -1.73. The molecular formula is C11H9S. The first-order valence-electron chi connectivity index (χ1n) is 3.84. The Kier molecular flexibility index (Phi) is 2.05. The van der Waals surface area contributed by atoms with E-state index in [2.05, 4.69) is 36.6 Å². The molecule has 0 unspecified atom stereocenters. The highest BCUT2D eigenvalue weighted by atomic mass is 32.2. The van der Waals surface area contributed by atoms with Gasteiger partial charge in [0.05, 0.1) is 0 Å². The Morgan fingerprint density at radius 2 is 2.17 bits per heavy atom. The van der Waals surface area contributed by atoms with Gasteiger partial charge in [-0.2, -0.15) is 0 Å². The molecule has 59 valence electrons. The van der Waals surface area contributed by atoms with E-state index in [9.17, 15) is 0 Å². The molecule has 12 heavy (non-hydrogen) atoms. The average molecular weight is 173 g/mol. The Balaban J connectivity index is 2.67. The zero-order valence-electron chi connectivity index (χ0n) is 6.87. The third-order valence-electron chi connectivity index (χ3n) is 1.87. The summed E-state index contributed by atoms with van der Waals surface area (Å²) in [5.41, 5.74) is 0. The molecule has 2 aromatic rings. The Bertz CT molecular complexity index is 393. The standard InChI is InChI=1S/C11H9S/c1-12-11-7-6-9-4-2-3-5-10(9)8-11/h2-3,5-8H,1H3. The molecule has 0 fully saturated rings. The Morgan fingerprint density at radius 3 is 3.00 bits per heavy atom. The van der Waals surface area contributed by atoms with Crippen LogP contribution in [-0.4, -0.2) is 6.26 Å². The fourth-order valence-electron chi connectivity index (χ4n) is 1.23. The van der Waals surface area contributed by atoms with Crippen LogP contribution in [0.3, 0.4) is 0 Å². The number of rotatable bonds is 1. The first-order chi connectivity index (χ1) is 5.90. The Morgan fingerprint density at radius 1 is 1.25 bits per heavy atom. The summed E-state index contributed by atoms with van der Waals surface area (Å²) in [5.74, 6) is 0. The molecule has 0 nitrogen and oxygen atoms in total. The van der Waals surface area contributed by atoms with E-state index in [4.69, 9.17) is 0 Å². The predicted octanol–water partition coefficient (Wildman–Crippen LogP) is 3.36. The van der Waals surface area contributed by atoms with E-state index in [1.165, 1.54) is 15.7 Å². The van der Waals surface area contributed by atoms with Crippen LogP contribution < -0.4 is 0 Å². The van der Waals surface area contributed by atoms with E-state index in [1.807, 2.05) is 12.1 Å². The van der Waals surface area contributed by atoms with Gasteiger partial charge in [0.15, 0.2) is 0 Å². The Labute approximate surface area is 76.6 Å². The average Bonchev–Trinajstić information content (AvgIpc) is 2.17. The number of thioether (sulfide) groups is 1. The van der Waals surface area contributed by atoms with E-state index in [1.54, 1.807) is 11.8 Å².